The van der Waals surface area contributed by atoms with E-state index < -0.39 is 0 Å². The topological polar surface area (TPSA) is 88.6 Å². The van der Waals surface area contributed by atoms with E-state index in [0.29, 0.717) is 23.7 Å². The van der Waals surface area contributed by atoms with Gasteiger partial charge in [-0.2, -0.15) is 0 Å². The zero-order chi connectivity index (χ0) is 17.8. The number of ether oxygens (including phenoxy) is 2. The summed E-state index contributed by atoms with van der Waals surface area (Å²) >= 11 is 0. The third-order valence-corrected chi connectivity index (χ3v) is 4.40. The fourth-order valence-electron chi connectivity index (χ4n) is 3.05. The number of aromatic nitrogens is 2. The minimum Gasteiger partial charge on any atom is -0.454 e. The van der Waals surface area contributed by atoms with Gasteiger partial charge in [0.1, 0.15) is 0 Å². The summed E-state index contributed by atoms with van der Waals surface area (Å²) in [5.74, 6) is 2.05. The Morgan fingerprint density at radius 2 is 1.96 bits per heavy atom. The van der Waals surface area contributed by atoms with E-state index >= 15 is 0 Å². The van der Waals surface area contributed by atoms with E-state index in [1.165, 1.54) is 19.3 Å². The molecule has 1 saturated heterocycles. The minimum atomic E-state index is -0.304. The summed E-state index contributed by atoms with van der Waals surface area (Å²) in [6, 6.07) is 6.79. The largest absolute Gasteiger partial charge is 0.454 e. The van der Waals surface area contributed by atoms with Gasteiger partial charge in [0.05, 0.1) is 12.2 Å². The third-order valence-electron chi connectivity index (χ3n) is 4.40. The summed E-state index contributed by atoms with van der Waals surface area (Å²) in [6.07, 6.45) is 5.34. The molecule has 136 valence electrons. The predicted molar refractivity (Wildman–Crippen MR) is 96.5 cm³/mol. The van der Waals surface area contributed by atoms with Crippen LogP contribution in [-0.4, -0.2) is 35.9 Å². The molecule has 2 amide bonds. The second kappa shape index (κ2) is 7.47. The maximum atomic E-state index is 12.1. The smallest absolute Gasteiger partial charge is 0.319 e. The first-order valence-corrected chi connectivity index (χ1v) is 8.79. The van der Waals surface area contributed by atoms with Crippen molar-refractivity contribution in [3.05, 3.63) is 36.2 Å². The van der Waals surface area contributed by atoms with Crippen molar-refractivity contribution in [1.82, 2.24) is 15.3 Å². The van der Waals surface area contributed by atoms with Gasteiger partial charge in [-0.05, 0) is 37.5 Å². The second-order valence-corrected chi connectivity index (χ2v) is 6.27. The van der Waals surface area contributed by atoms with Crippen LogP contribution in [0.3, 0.4) is 0 Å². The molecule has 0 radical (unpaired) electrons. The molecule has 2 N–H and O–H groups in total. The van der Waals surface area contributed by atoms with Gasteiger partial charge in [-0.25, -0.2) is 14.8 Å². The molecule has 0 spiro atoms. The summed E-state index contributed by atoms with van der Waals surface area (Å²) in [5.41, 5.74) is 1.42. The lowest BCUT2D eigenvalue weighted by Gasteiger charge is -2.26. The highest BCUT2D eigenvalue weighted by molar-refractivity contribution is 5.89. The number of fused-ring (bicyclic) bond motifs is 1. The first-order chi connectivity index (χ1) is 12.8. The van der Waals surface area contributed by atoms with E-state index in [9.17, 15) is 4.79 Å². The van der Waals surface area contributed by atoms with Gasteiger partial charge in [0.2, 0.25) is 12.7 Å². The second-order valence-electron chi connectivity index (χ2n) is 6.27. The molecular weight excluding hydrogens is 334 g/mol. The zero-order valence-corrected chi connectivity index (χ0v) is 14.4. The van der Waals surface area contributed by atoms with Crippen LogP contribution < -0.4 is 25.0 Å². The van der Waals surface area contributed by atoms with E-state index in [-0.39, 0.29) is 12.8 Å². The third kappa shape index (κ3) is 3.79. The summed E-state index contributed by atoms with van der Waals surface area (Å²) < 4.78 is 10.6. The lowest BCUT2D eigenvalue weighted by atomic mass is 10.1. The number of carbonyl (C=O) groups is 1. The fraction of sp³-hybridized carbons (Fsp3) is 0.389. The highest BCUT2D eigenvalue weighted by atomic mass is 16.7. The molecule has 2 aliphatic rings. The van der Waals surface area contributed by atoms with Crippen LogP contribution in [0.15, 0.2) is 30.5 Å². The lowest BCUT2D eigenvalue weighted by molar-refractivity contribution is 0.174. The quantitative estimate of drug-likeness (QED) is 0.876. The number of benzene rings is 1. The number of hydrogen-bond donors (Lipinski definition) is 2. The Labute approximate surface area is 151 Å². The van der Waals surface area contributed by atoms with Gasteiger partial charge >= 0.3 is 6.03 Å². The molecule has 4 rings (SSSR count). The highest BCUT2D eigenvalue weighted by Gasteiger charge is 2.15. The number of rotatable bonds is 4. The standard InChI is InChI=1S/C18H21N5O3/c24-18(22-13-4-5-15-16(10-13)26-12-25-15)20-11-14-6-7-19-17(21-14)23-8-2-1-3-9-23/h4-7,10H,1-3,8-9,11-12H2,(H2,20,22,24). The van der Waals surface area contributed by atoms with Crippen molar-refractivity contribution in [1.29, 1.82) is 0 Å². The average molecular weight is 355 g/mol. The Kier molecular flexibility index (Phi) is 4.72. The van der Waals surface area contributed by atoms with Crippen LogP contribution in [0.4, 0.5) is 16.4 Å². The van der Waals surface area contributed by atoms with E-state index in [1.807, 2.05) is 6.07 Å². The van der Waals surface area contributed by atoms with Crippen molar-refractivity contribution in [2.75, 3.05) is 30.1 Å². The first-order valence-electron chi connectivity index (χ1n) is 8.79. The molecule has 2 aromatic rings. The van der Waals surface area contributed by atoms with Crippen LogP contribution >= 0.6 is 0 Å². The maximum Gasteiger partial charge on any atom is 0.319 e. The van der Waals surface area contributed by atoms with Gasteiger partial charge in [-0.1, -0.05) is 0 Å². The van der Waals surface area contributed by atoms with E-state index in [4.69, 9.17) is 9.47 Å². The number of carbonyl (C=O) groups excluding carboxylic acids is 1. The first kappa shape index (κ1) is 16.4. The van der Waals surface area contributed by atoms with Crippen LogP contribution in [0.1, 0.15) is 25.0 Å². The molecule has 8 heteroatoms. The molecule has 2 aliphatic heterocycles. The van der Waals surface area contributed by atoms with Crippen LogP contribution in [0.25, 0.3) is 0 Å². The van der Waals surface area contributed by atoms with Gasteiger partial charge in [-0.3, -0.25) is 0 Å². The van der Waals surface area contributed by atoms with E-state index in [2.05, 4.69) is 25.5 Å². The van der Waals surface area contributed by atoms with E-state index in [1.54, 1.807) is 24.4 Å². The fourth-order valence-corrected chi connectivity index (χ4v) is 3.05. The Bertz CT molecular complexity index is 792. The molecule has 3 heterocycles. The summed E-state index contributed by atoms with van der Waals surface area (Å²) in [5, 5.41) is 5.59. The van der Waals surface area contributed by atoms with Crippen molar-refractivity contribution < 1.29 is 14.3 Å². The summed E-state index contributed by atoms with van der Waals surface area (Å²) in [6.45, 7) is 2.51. The van der Waals surface area contributed by atoms with Gasteiger partial charge in [0.15, 0.2) is 11.5 Å². The minimum absolute atomic E-state index is 0.206. The van der Waals surface area contributed by atoms with Crippen LogP contribution in [0.5, 0.6) is 11.5 Å². The van der Waals surface area contributed by atoms with Crippen LogP contribution in [0, 0.1) is 0 Å². The number of piperidine rings is 1. The molecule has 0 saturated carbocycles. The van der Waals surface area contributed by atoms with Crippen LogP contribution in [0.2, 0.25) is 0 Å². The predicted octanol–water partition coefficient (Wildman–Crippen LogP) is 2.52. The molecule has 1 aromatic carbocycles. The monoisotopic (exact) mass is 355 g/mol. The number of anilines is 2. The summed E-state index contributed by atoms with van der Waals surface area (Å²) in [7, 11) is 0. The summed E-state index contributed by atoms with van der Waals surface area (Å²) in [4.78, 5) is 23.2. The molecule has 26 heavy (non-hydrogen) atoms. The molecule has 8 nitrogen and oxygen atoms in total. The number of hydrogen-bond acceptors (Lipinski definition) is 6. The average Bonchev–Trinajstić information content (AvgIpc) is 3.15. The lowest BCUT2D eigenvalue weighted by Crippen LogP contribution is -2.32. The van der Waals surface area contributed by atoms with Crippen molar-refractivity contribution in [3.63, 3.8) is 0 Å². The van der Waals surface area contributed by atoms with Gasteiger partial charge < -0.3 is 25.0 Å². The Morgan fingerprint density at radius 1 is 1.12 bits per heavy atom. The molecule has 0 unspecified atom stereocenters. The van der Waals surface area contributed by atoms with Crippen molar-refractivity contribution in [3.8, 4) is 11.5 Å². The number of urea groups is 1. The Hall–Kier alpha value is -3.03. The highest BCUT2D eigenvalue weighted by Crippen LogP contribution is 2.34. The molecule has 0 atom stereocenters. The van der Waals surface area contributed by atoms with Crippen molar-refractivity contribution >= 4 is 17.7 Å². The Morgan fingerprint density at radius 3 is 2.85 bits per heavy atom. The molecule has 1 aromatic heterocycles. The van der Waals surface area contributed by atoms with Crippen LogP contribution in [-0.2, 0) is 6.54 Å². The molecular formula is C18H21N5O3. The van der Waals surface area contributed by atoms with Crippen molar-refractivity contribution in [2.24, 2.45) is 0 Å². The van der Waals surface area contributed by atoms with Gasteiger partial charge in [0, 0.05) is 31.0 Å². The molecule has 0 bridgehead atoms. The molecule has 0 aliphatic carbocycles. The normalized spacial score (nSPS) is 15.6. The maximum absolute atomic E-state index is 12.1. The number of amides is 2. The SMILES string of the molecule is O=C(NCc1ccnc(N2CCCCC2)n1)Nc1ccc2c(c1)OCO2. The van der Waals surface area contributed by atoms with Crippen molar-refractivity contribution in [2.45, 2.75) is 25.8 Å². The van der Waals surface area contributed by atoms with Gasteiger partial charge in [0.25, 0.3) is 0 Å². The zero-order valence-electron chi connectivity index (χ0n) is 14.4. The van der Waals surface area contributed by atoms with E-state index in [0.717, 1.165) is 24.7 Å². The Balaban J connectivity index is 1.32. The number of nitrogens with one attached hydrogen (secondary N) is 2. The number of nitrogens with zero attached hydrogens (tertiary/aromatic N) is 3. The molecule has 1 fully saturated rings. The van der Waals surface area contributed by atoms with Gasteiger partial charge in [-0.15, -0.1) is 0 Å².